The molecular formula is C21H25BrN2. The van der Waals surface area contributed by atoms with Gasteiger partial charge in [0.1, 0.15) is 0 Å². The van der Waals surface area contributed by atoms with Crippen LogP contribution in [0.15, 0.2) is 46.9 Å². The SMILES string of the molecule is NCc1ccc(CN2C[C@@H]3CC[C@@H]2Cc2ccccc2C3)cc1Br. The van der Waals surface area contributed by atoms with E-state index in [2.05, 4.69) is 63.3 Å². The maximum Gasteiger partial charge on any atom is 0.0237 e. The minimum atomic E-state index is 0.589. The Balaban J connectivity index is 1.56. The molecule has 2 nitrogen and oxygen atoms in total. The summed E-state index contributed by atoms with van der Waals surface area (Å²) in [6.45, 7) is 2.87. The lowest BCUT2D eigenvalue weighted by molar-refractivity contribution is 0.0938. The molecule has 2 aliphatic heterocycles. The molecule has 2 heterocycles. The van der Waals surface area contributed by atoms with Crippen LogP contribution in [0, 0.1) is 5.92 Å². The van der Waals surface area contributed by atoms with Crippen molar-refractivity contribution in [2.24, 2.45) is 11.7 Å². The van der Waals surface area contributed by atoms with Gasteiger partial charge in [-0.2, -0.15) is 0 Å². The number of nitrogens with two attached hydrogens (primary N) is 1. The highest BCUT2D eigenvalue weighted by atomic mass is 79.9. The Morgan fingerprint density at radius 2 is 1.83 bits per heavy atom. The normalized spacial score (nSPS) is 23.6. The summed E-state index contributed by atoms with van der Waals surface area (Å²) in [7, 11) is 0. The van der Waals surface area contributed by atoms with Crippen molar-refractivity contribution < 1.29 is 0 Å². The standard InChI is InChI=1S/C21H25BrN2/c22-21-10-16(5-7-19(21)12-23)14-24-13-15-6-8-20(24)11-18-4-2-1-3-17(18)9-15/h1-5,7,10,15,20H,6,8-9,11-14,23H2/t15-,20-/m1/s1. The first kappa shape index (κ1) is 16.3. The number of hydrogen-bond acceptors (Lipinski definition) is 2. The third-order valence-corrected chi connectivity index (χ3v) is 6.46. The van der Waals surface area contributed by atoms with Crippen LogP contribution in [0.3, 0.4) is 0 Å². The molecule has 3 aliphatic rings. The molecule has 2 aromatic carbocycles. The van der Waals surface area contributed by atoms with Gasteiger partial charge in [-0.15, -0.1) is 0 Å². The fourth-order valence-corrected chi connectivity index (χ4v) is 4.97. The van der Waals surface area contributed by atoms with Crippen LogP contribution in [0.5, 0.6) is 0 Å². The summed E-state index contributed by atoms with van der Waals surface area (Å²) < 4.78 is 1.14. The Morgan fingerprint density at radius 3 is 2.58 bits per heavy atom. The van der Waals surface area contributed by atoms with Gasteiger partial charge in [-0.3, -0.25) is 4.90 Å². The second-order valence-electron chi connectivity index (χ2n) is 7.33. The van der Waals surface area contributed by atoms with Crippen LogP contribution in [-0.4, -0.2) is 17.5 Å². The van der Waals surface area contributed by atoms with E-state index in [0.29, 0.717) is 12.6 Å². The Kier molecular flexibility index (Phi) is 4.75. The predicted octanol–water partition coefficient (Wildman–Crippen LogP) is 4.29. The van der Waals surface area contributed by atoms with Gasteiger partial charge < -0.3 is 5.73 Å². The van der Waals surface area contributed by atoms with E-state index in [0.717, 1.165) is 16.9 Å². The molecule has 5 rings (SSSR count). The smallest absolute Gasteiger partial charge is 0.0237 e. The molecule has 0 amide bonds. The van der Waals surface area contributed by atoms with Crippen LogP contribution < -0.4 is 5.73 Å². The van der Waals surface area contributed by atoms with Crippen molar-refractivity contribution in [1.29, 1.82) is 0 Å². The average Bonchev–Trinajstić information content (AvgIpc) is 2.56. The number of piperidine rings is 1. The summed E-state index contributed by atoms with van der Waals surface area (Å²) in [6, 6.07) is 16.4. The van der Waals surface area contributed by atoms with Gasteiger partial charge in [0.25, 0.3) is 0 Å². The van der Waals surface area contributed by atoms with Gasteiger partial charge in [0.2, 0.25) is 0 Å². The van der Waals surface area contributed by atoms with E-state index in [9.17, 15) is 0 Å². The Bertz CT molecular complexity index is 728. The second-order valence-corrected chi connectivity index (χ2v) is 8.19. The molecule has 2 N–H and O–H groups in total. The van der Waals surface area contributed by atoms with Crippen molar-refractivity contribution in [3.8, 4) is 0 Å². The molecule has 2 aromatic rings. The van der Waals surface area contributed by atoms with Gasteiger partial charge in [-0.05, 0) is 59.9 Å². The van der Waals surface area contributed by atoms with Crippen LogP contribution in [0.25, 0.3) is 0 Å². The van der Waals surface area contributed by atoms with E-state index in [1.807, 2.05) is 0 Å². The molecule has 126 valence electrons. The molecule has 1 fully saturated rings. The van der Waals surface area contributed by atoms with E-state index in [4.69, 9.17) is 5.73 Å². The van der Waals surface area contributed by atoms with Crippen LogP contribution in [0.4, 0.5) is 0 Å². The third kappa shape index (κ3) is 3.30. The summed E-state index contributed by atoms with van der Waals surface area (Å²) in [4.78, 5) is 2.72. The largest absolute Gasteiger partial charge is 0.326 e. The monoisotopic (exact) mass is 384 g/mol. The lowest BCUT2D eigenvalue weighted by Gasteiger charge is -2.42. The number of fused-ring (bicyclic) bond motifs is 2. The van der Waals surface area contributed by atoms with Crippen molar-refractivity contribution in [2.75, 3.05) is 6.54 Å². The Morgan fingerprint density at radius 1 is 1.04 bits per heavy atom. The van der Waals surface area contributed by atoms with Crippen LogP contribution in [0.1, 0.15) is 35.1 Å². The zero-order valence-electron chi connectivity index (χ0n) is 14.0. The third-order valence-electron chi connectivity index (χ3n) is 5.72. The second kappa shape index (κ2) is 6.99. The fraction of sp³-hybridized carbons (Fsp3) is 0.429. The molecule has 3 heteroatoms. The molecule has 24 heavy (non-hydrogen) atoms. The predicted molar refractivity (Wildman–Crippen MR) is 103 cm³/mol. The average molecular weight is 385 g/mol. The lowest BCUT2D eigenvalue weighted by atomic mass is 9.80. The van der Waals surface area contributed by atoms with Crippen molar-refractivity contribution in [2.45, 2.75) is 44.8 Å². The summed E-state index contributed by atoms with van der Waals surface area (Å²) in [5, 5.41) is 0. The highest BCUT2D eigenvalue weighted by Crippen LogP contribution is 2.33. The molecule has 0 unspecified atom stereocenters. The molecule has 1 aliphatic carbocycles. The first-order valence-electron chi connectivity index (χ1n) is 9.01. The van der Waals surface area contributed by atoms with Crippen LogP contribution in [-0.2, 0) is 25.9 Å². The number of halogens is 1. The van der Waals surface area contributed by atoms with Gasteiger partial charge >= 0.3 is 0 Å². The van der Waals surface area contributed by atoms with Gasteiger partial charge in [-0.1, -0.05) is 52.3 Å². The van der Waals surface area contributed by atoms with E-state index in [1.165, 1.54) is 43.4 Å². The number of nitrogens with zero attached hydrogens (tertiary/aromatic N) is 1. The first-order valence-corrected chi connectivity index (χ1v) is 9.80. The molecule has 0 spiro atoms. The number of benzene rings is 2. The minimum Gasteiger partial charge on any atom is -0.326 e. The van der Waals surface area contributed by atoms with Crippen molar-refractivity contribution >= 4 is 15.9 Å². The van der Waals surface area contributed by atoms with Crippen LogP contribution in [0.2, 0.25) is 0 Å². The van der Waals surface area contributed by atoms with E-state index in [-0.39, 0.29) is 0 Å². The highest BCUT2D eigenvalue weighted by Gasteiger charge is 2.31. The number of rotatable bonds is 3. The highest BCUT2D eigenvalue weighted by molar-refractivity contribution is 9.10. The quantitative estimate of drug-likeness (QED) is 0.854. The zero-order chi connectivity index (χ0) is 16.5. The lowest BCUT2D eigenvalue weighted by Crippen LogP contribution is -2.46. The summed E-state index contributed by atoms with van der Waals surface area (Å²) in [5.41, 5.74) is 11.5. The molecule has 0 saturated carbocycles. The fourth-order valence-electron chi connectivity index (χ4n) is 4.38. The summed E-state index contributed by atoms with van der Waals surface area (Å²) >= 11 is 3.66. The molecule has 0 radical (unpaired) electrons. The molecule has 2 atom stereocenters. The zero-order valence-corrected chi connectivity index (χ0v) is 15.6. The van der Waals surface area contributed by atoms with Gasteiger partial charge in [0.15, 0.2) is 0 Å². The van der Waals surface area contributed by atoms with E-state index in [1.54, 1.807) is 11.1 Å². The maximum atomic E-state index is 5.78. The molecule has 1 saturated heterocycles. The molecular weight excluding hydrogens is 360 g/mol. The van der Waals surface area contributed by atoms with Gasteiger partial charge in [0, 0.05) is 30.1 Å². The van der Waals surface area contributed by atoms with E-state index >= 15 is 0 Å². The number of hydrogen-bond donors (Lipinski definition) is 1. The molecule has 0 aromatic heterocycles. The van der Waals surface area contributed by atoms with Crippen LogP contribution >= 0.6 is 15.9 Å². The topological polar surface area (TPSA) is 29.3 Å². The first-order chi connectivity index (χ1) is 11.7. The van der Waals surface area contributed by atoms with Crippen molar-refractivity contribution in [3.63, 3.8) is 0 Å². The summed E-state index contributed by atoms with van der Waals surface area (Å²) in [6.07, 6.45) is 5.16. The minimum absolute atomic E-state index is 0.589. The molecule has 2 bridgehead atoms. The Hall–Kier alpha value is -1.16. The maximum absolute atomic E-state index is 5.78. The van der Waals surface area contributed by atoms with Gasteiger partial charge in [-0.25, -0.2) is 0 Å². The van der Waals surface area contributed by atoms with Crippen molar-refractivity contribution in [3.05, 3.63) is 69.2 Å². The summed E-state index contributed by atoms with van der Waals surface area (Å²) in [5.74, 6) is 0.800. The van der Waals surface area contributed by atoms with Gasteiger partial charge in [0.05, 0.1) is 0 Å². The van der Waals surface area contributed by atoms with E-state index < -0.39 is 0 Å². The Labute approximate surface area is 153 Å². The van der Waals surface area contributed by atoms with Crippen molar-refractivity contribution in [1.82, 2.24) is 4.90 Å².